The minimum absolute atomic E-state index is 0.683. The van der Waals surface area contributed by atoms with Crippen LogP contribution in [0.25, 0.3) is 32.7 Å². The molecule has 2 aromatic carbocycles. The van der Waals surface area contributed by atoms with Crippen LogP contribution in [-0.4, -0.2) is 15.0 Å². The molecule has 0 spiro atoms. The first-order chi connectivity index (χ1) is 14.4. The molecule has 3 heterocycles. The van der Waals surface area contributed by atoms with Gasteiger partial charge < -0.3 is 5.32 Å². The quantitative estimate of drug-likeness (QED) is 0.395. The van der Waals surface area contributed by atoms with Crippen molar-refractivity contribution in [2.24, 2.45) is 0 Å². The van der Waals surface area contributed by atoms with Crippen molar-refractivity contribution >= 4 is 27.4 Å². The first-order valence-electron chi connectivity index (χ1n) is 9.41. The number of anilines is 1. The fraction of sp³-hybridized carbons (Fsp3) is 0.0417. The molecule has 0 amide bonds. The van der Waals surface area contributed by atoms with Gasteiger partial charge in [-0.25, -0.2) is 9.97 Å². The van der Waals surface area contributed by atoms with Crippen LogP contribution >= 0.6 is 11.3 Å². The highest BCUT2D eigenvalue weighted by molar-refractivity contribution is 7.17. The summed E-state index contributed by atoms with van der Waals surface area (Å²) in [6, 6.07) is 24.6. The van der Waals surface area contributed by atoms with Gasteiger partial charge in [-0.05, 0) is 23.3 Å². The van der Waals surface area contributed by atoms with Gasteiger partial charge in [-0.3, -0.25) is 4.98 Å². The van der Waals surface area contributed by atoms with Gasteiger partial charge in [0.1, 0.15) is 10.6 Å². The van der Waals surface area contributed by atoms with Gasteiger partial charge >= 0.3 is 0 Å². The molecule has 140 valence electrons. The third-order valence-corrected chi connectivity index (χ3v) is 5.61. The average molecular weight is 395 g/mol. The number of nitrogens with one attached hydrogen (secondary N) is 1. The van der Waals surface area contributed by atoms with Crippen molar-refractivity contribution in [1.29, 1.82) is 0 Å². The molecule has 0 saturated heterocycles. The number of fused-ring (bicyclic) bond motifs is 1. The Balaban J connectivity index is 1.64. The molecular formula is C24H18N4S. The molecule has 29 heavy (non-hydrogen) atoms. The lowest BCUT2D eigenvalue weighted by atomic mass is 10.1. The highest BCUT2D eigenvalue weighted by Gasteiger charge is 2.16. The standard InChI is InChI=1S/C24H18N4S/c1-3-8-17(9-4-1)14-26-23-21-20(18-10-5-2-6-11-18)16-29-24(21)28-22(27-23)19-12-7-13-25-15-19/h1-13,15-16H,14H2,(H,26,27,28). The smallest absolute Gasteiger partial charge is 0.164 e. The largest absolute Gasteiger partial charge is 0.365 e. The molecular weight excluding hydrogens is 376 g/mol. The highest BCUT2D eigenvalue weighted by Crippen LogP contribution is 2.38. The first-order valence-corrected chi connectivity index (χ1v) is 10.3. The fourth-order valence-electron chi connectivity index (χ4n) is 3.31. The van der Waals surface area contributed by atoms with E-state index in [1.807, 2.05) is 36.4 Å². The summed E-state index contributed by atoms with van der Waals surface area (Å²) in [4.78, 5) is 14.9. The normalized spacial score (nSPS) is 10.9. The zero-order valence-corrected chi connectivity index (χ0v) is 16.4. The minimum atomic E-state index is 0.683. The summed E-state index contributed by atoms with van der Waals surface area (Å²) < 4.78 is 0. The summed E-state index contributed by atoms with van der Waals surface area (Å²) in [5.41, 5.74) is 4.43. The van der Waals surface area contributed by atoms with Crippen LogP contribution in [0.4, 0.5) is 5.82 Å². The Morgan fingerprint density at radius 3 is 2.31 bits per heavy atom. The van der Waals surface area contributed by atoms with Gasteiger partial charge in [-0.15, -0.1) is 11.3 Å². The number of thiophene rings is 1. The Morgan fingerprint density at radius 2 is 1.55 bits per heavy atom. The molecule has 5 aromatic rings. The number of nitrogens with zero attached hydrogens (tertiary/aromatic N) is 3. The van der Waals surface area contributed by atoms with Gasteiger partial charge in [0.15, 0.2) is 5.82 Å². The average Bonchev–Trinajstić information content (AvgIpc) is 3.24. The van der Waals surface area contributed by atoms with Crippen LogP contribution in [-0.2, 0) is 6.54 Å². The van der Waals surface area contributed by atoms with Crippen molar-refractivity contribution in [3.8, 4) is 22.5 Å². The molecule has 0 aliphatic carbocycles. The van der Waals surface area contributed by atoms with Crippen molar-refractivity contribution in [3.05, 3.63) is 96.1 Å². The zero-order chi connectivity index (χ0) is 19.5. The molecule has 0 fully saturated rings. The van der Waals surface area contributed by atoms with Gasteiger partial charge in [0.05, 0.1) is 5.39 Å². The van der Waals surface area contributed by atoms with Crippen LogP contribution in [0.1, 0.15) is 5.56 Å². The van der Waals surface area contributed by atoms with Crippen LogP contribution < -0.4 is 5.32 Å². The molecule has 0 aliphatic rings. The predicted octanol–water partition coefficient (Wildman–Crippen LogP) is 6.03. The van der Waals surface area contributed by atoms with Crippen molar-refractivity contribution < 1.29 is 0 Å². The Bertz CT molecular complexity index is 1240. The molecule has 0 aliphatic heterocycles. The molecule has 0 bridgehead atoms. The van der Waals surface area contributed by atoms with E-state index in [4.69, 9.17) is 9.97 Å². The molecule has 5 heteroatoms. The van der Waals surface area contributed by atoms with Crippen LogP contribution in [0.15, 0.2) is 90.6 Å². The molecule has 0 unspecified atom stereocenters. The number of aromatic nitrogens is 3. The summed E-state index contributed by atoms with van der Waals surface area (Å²) in [5, 5.41) is 6.77. The zero-order valence-electron chi connectivity index (χ0n) is 15.6. The van der Waals surface area contributed by atoms with E-state index in [2.05, 4.69) is 52.1 Å². The van der Waals surface area contributed by atoms with E-state index in [1.165, 1.54) is 11.1 Å². The van der Waals surface area contributed by atoms with Crippen LogP contribution in [0.3, 0.4) is 0 Å². The van der Waals surface area contributed by atoms with Crippen LogP contribution in [0.5, 0.6) is 0 Å². The van der Waals surface area contributed by atoms with Gasteiger partial charge in [0.25, 0.3) is 0 Å². The van der Waals surface area contributed by atoms with Gasteiger partial charge in [-0.1, -0.05) is 60.7 Å². The van der Waals surface area contributed by atoms with Gasteiger partial charge in [0.2, 0.25) is 0 Å². The summed E-state index contributed by atoms with van der Waals surface area (Å²) in [6.45, 7) is 0.698. The van der Waals surface area contributed by atoms with E-state index in [0.717, 1.165) is 27.2 Å². The molecule has 1 N–H and O–H groups in total. The predicted molar refractivity (Wildman–Crippen MR) is 120 cm³/mol. The summed E-state index contributed by atoms with van der Waals surface area (Å²) >= 11 is 1.64. The molecule has 0 radical (unpaired) electrons. The summed E-state index contributed by atoms with van der Waals surface area (Å²) in [5.74, 6) is 1.53. The third kappa shape index (κ3) is 3.60. The van der Waals surface area contributed by atoms with Gasteiger partial charge in [0, 0.05) is 35.4 Å². The Morgan fingerprint density at radius 1 is 0.793 bits per heavy atom. The van der Waals surface area contributed by atoms with E-state index in [1.54, 1.807) is 23.7 Å². The molecule has 0 atom stereocenters. The van der Waals surface area contributed by atoms with E-state index in [9.17, 15) is 0 Å². The Kier molecular flexibility index (Phi) is 4.72. The lowest BCUT2D eigenvalue weighted by molar-refractivity contribution is 1.11. The number of hydrogen-bond donors (Lipinski definition) is 1. The van der Waals surface area contributed by atoms with Gasteiger partial charge in [-0.2, -0.15) is 0 Å². The minimum Gasteiger partial charge on any atom is -0.365 e. The summed E-state index contributed by atoms with van der Waals surface area (Å²) in [7, 11) is 0. The van der Waals surface area contributed by atoms with Crippen molar-refractivity contribution in [2.45, 2.75) is 6.54 Å². The second kappa shape index (κ2) is 7.81. The molecule has 0 saturated carbocycles. The monoisotopic (exact) mass is 394 g/mol. The second-order valence-electron chi connectivity index (χ2n) is 6.67. The lowest BCUT2D eigenvalue weighted by Crippen LogP contribution is -2.04. The maximum atomic E-state index is 4.89. The highest BCUT2D eigenvalue weighted by atomic mass is 32.1. The first kappa shape index (κ1) is 17.5. The molecule has 3 aromatic heterocycles. The van der Waals surface area contributed by atoms with Crippen molar-refractivity contribution in [2.75, 3.05) is 5.32 Å². The SMILES string of the molecule is c1ccc(CNc2nc(-c3cccnc3)nc3scc(-c4ccccc4)c23)cc1. The maximum absolute atomic E-state index is 4.89. The van der Waals surface area contributed by atoms with Crippen LogP contribution in [0, 0.1) is 0 Å². The van der Waals surface area contributed by atoms with E-state index >= 15 is 0 Å². The van der Waals surface area contributed by atoms with E-state index in [-0.39, 0.29) is 0 Å². The number of rotatable bonds is 5. The summed E-state index contributed by atoms with van der Waals surface area (Å²) in [6.07, 6.45) is 3.56. The lowest BCUT2D eigenvalue weighted by Gasteiger charge is -2.11. The van der Waals surface area contributed by atoms with Crippen LogP contribution in [0.2, 0.25) is 0 Å². The number of pyridine rings is 1. The number of hydrogen-bond acceptors (Lipinski definition) is 5. The molecule has 5 rings (SSSR count). The molecule has 4 nitrogen and oxygen atoms in total. The fourth-order valence-corrected chi connectivity index (χ4v) is 4.25. The van der Waals surface area contributed by atoms with E-state index in [0.29, 0.717) is 12.4 Å². The Hall–Kier alpha value is -3.57. The van der Waals surface area contributed by atoms with Crippen molar-refractivity contribution in [1.82, 2.24) is 15.0 Å². The second-order valence-corrected chi connectivity index (χ2v) is 7.53. The topological polar surface area (TPSA) is 50.7 Å². The maximum Gasteiger partial charge on any atom is 0.164 e. The Labute approximate surface area is 172 Å². The van der Waals surface area contributed by atoms with E-state index < -0.39 is 0 Å². The third-order valence-electron chi connectivity index (χ3n) is 4.74. The number of benzene rings is 2. The van der Waals surface area contributed by atoms with Crippen molar-refractivity contribution in [3.63, 3.8) is 0 Å².